The number of phenols is 1. The summed E-state index contributed by atoms with van der Waals surface area (Å²) in [6, 6.07) is 22.6. The van der Waals surface area contributed by atoms with E-state index in [9.17, 15) is 9.90 Å². The number of nitrogens with zero attached hydrogens (tertiary/aromatic N) is 1. The van der Waals surface area contributed by atoms with E-state index in [1.807, 2.05) is 54.6 Å². The molecule has 1 unspecified atom stereocenters. The molecule has 0 radical (unpaired) electrons. The Bertz CT molecular complexity index is 1620. The van der Waals surface area contributed by atoms with Crippen LogP contribution in [0.4, 0.5) is 0 Å². The molecule has 4 aromatic rings. The fourth-order valence-electron chi connectivity index (χ4n) is 6.44. The third-order valence-corrected chi connectivity index (χ3v) is 10.4. The summed E-state index contributed by atoms with van der Waals surface area (Å²) in [6.07, 6.45) is 18.7. The van der Waals surface area contributed by atoms with E-state index in [0.717, 1.165) is 50.6 Å². The smallest absolute Gasteiger partial charge is 0.194 e. The second-order valence-electron chi connectivity index (χ2n) is 12.5. The molecule has 2 heterocycles. The van der Waals surface area contributed by atoms with Crippen molar-refractivity contribution in [3.05, 3.63) is 118 Å². The van der Waals surface area contributed by atoms with E-state index in [-0.39, 0.29) is 17.5 Å². The van der Waals surface area contributed by atoms with Gasteiger partial charge in [0.15, 0.2) is 5.78 Å². The third-order valence-electron chi connectivity index (χ3n) is 9.07. The maximum absolute atomic E-state index is 13.8. The molecule has 0 spiro atoms. The molecule has 1 saturated carbocycles. The van der Waals surface area contributed by atoms with Crippen LogP contribution in [0.15, 0.2) is 96.8 Å². The van der Waals surface area contributed by atoms with Crippen molar-refractivity contribution in [1.82, 2.24) is 4.90 Å². The minimum absolute atomic E-state index is 0.0377. The van der Waals surface area contributed by atoms with Crippen LogP contribution in [0.5, 0.6) is 11.5 Å². The predicted molar refractivity (Wildman–Crippen MR) is 188 cm³/mol. The lowest BCUT2D eigenvalue weighted by atomic mass is 9.91. The molecule has 1 saturated heterocycles. The van der Waals surface area contributed by atoms with Crippen LogP contribution in [-0.4, -0.2) is 42.0 Å². The molecule has 6 heteroatoms. The van der Waals surface area contributed by atoms with Gasteiger partial charge in [-0.15, -0.1) is 11.3 Å². The number of ketones is 1. The van der Waals surface area contributed by atoms with E-state index in [1.54, 1.807) is 35.6 Å². The summed E-state index contributed by atoms with van der Waals surface area (Å²) in [7, 11) is 0. The van der Waals surface area contributed by atoms with E-state index in [0.29, 0.717) is 18.8 Å². The van der Waals surface area contributed by atoms with Gasteiger partial charge in [0.1, 0.15) is 30.5 Å². The topological polar surface area (TPSA) is 59.0 Å². The molecule has 0 amide bonds. The molecule has 7 rings (SSSR count). The van der Waals surface area contributed by atoms with E-state index >= 15 is 0 Å². The van der Waals surface area contributed by atoms with Gasteiger partial charge < -0.3 is 14.6 Å². The second-order valence-corrected chi connectivity index (χ2v) is 13.6. The second kappa shape index (κ2) is 16.1. The normalized spacial score (nSPS) is 18.1. The van der Waals surface area contributed by atoms with Gasteiger partial charge in [0.25, 0.3) is 0 Å². The fourth-order valence-corrected chi connectivity index (χ4v) is 7.76. The molecule has 3 aliphatic rings. The Morgan fingerprint density at radius 1 is 0.848 bits per heavy atom. The van der Waals surface area contributed by atoms with Crippen LogP contribution in [0.25, 0.3) is 10.1 Å². The first-order valence-corrected chi connectivity index (χ1v) is 17.8. The Kier molecular flexibility index (Phi) is 11.2. The number of carbonyl (C=O) groups is 1. The number of thiophene rings is 1. The Morgan fingerprint density at radius 2 is 1.57 bits per heavy atom. The zero-order chi connectivity index (χ0) is 31.6. The van der Waals surface area contributed by atoms with Gasteiger partial charge in [0.05, 0.1) is 0 Å². The first kappa shape index (κ1) is 32.1. The summed E-state index contributed by atoms with van der Waals surface area (Å²) in [5, 5.41) is 10.7. The molecular weight excluding hydrogens is 591 g/mol. The van der Waals surface area contributed by atoms with Gasteiger partial charge in [0, 0.05) is 38.6 Å². The largest absolute Gasteiger partial charge is 0.508 e. The van der Waals surface area contributed by atoms with Crippen LogP contribution in [0.1, 0.15) is 90.1 Å². The number of hydrogen-bond donors (Lipinski definition) is 1. The summed E-state index contributed by atoms with van der Waals surface area (Å²) in [5.74, 6) is 1.86. The van der Waals surface area contributed by atoms with E-state index < -0.39 is 0 Å². The summed E-state index contributed by atoms with van der Waals surface area (Å²) in [4.78, 5) is 17.3. The van der Waals surface area contributed by atoms with Gasteiger partial charge in [-0.05, 0) is 92.5 Å². The molecule has 240 valence electrons. The lowest BCUT2D eigenvalue weighted by Crippen LogP contribution is -2.23. The summed E-state index contributed by atoms with van der Waals surface area (Å²) >= 11 is 1.65. The quantitative estimate of drug-likeness (QED) is 0.176. The van der Waals surface area contributed by atoms with Crippen molar-refractivity contribution in [2.45, 2.75) is 70.3 Å². The van der Waals surface area contributed by atoms with E-state index in [1.165, 1.54) is 64.5 Å². The number of fused-ring (bicyclic) bond motifs is 1. The molecule has 5 nitrogen and oxygen atoms in total. The fraction of sp³-hybridized carbons (Fsp3) is 0.375. The first-order valence-electron chi connectivity index (χ1n) is 16.9. The molecule has 1 N–H and O–H groups in total. The standard InChI is InChI=1S/C34H33NO4S.C6H12/c36-27-12-8-25(9-13-27)33(37)32-30-17-16-29(39-23-24-6-2-1-3-7-24)22-31(30)40-34(32)26-10-14-28(15-11-26)38-21-20-35-18-4-5-19-35;1-2-4-6-5-3-1/h1-3,6-10,12-17,22,26,36H,4-5,11,18-21,23H2;1-6H2. The van der Waals surface area contributed by atoms with Crippen molar-refractivity contribution >= 4 is 27.2 Å². The summed E-state index contributed by atoms with van der Waals surface area (Å²) < 4.78 is 13.2. The lowest BCUT2D eigenvalue weighted by Gasteiger charge is -2.19. The number of ether oxygens (including phenoxy) is 2. The highest BCUT2D eigenvalue weighted by atomic mass is 32.1. The third kappa shape index (κ3) is 8.48. The van der Waals surface area contributed by atoms with Crippen LogP contribution < -0.4 is 4.74 Å². The van der Waals surface area contributed by atoms with Crippen molar-refractivity contribution in [3.63, 3.8) is 0 Å². The van der Waals surface area contributed by atoms with E-state index in [2.05, 4.69) is 17.1 Å². The van der Waals surface area contributed by atoms with Crippen molar-refractivity contribution in [2.75, 3.05) is 26.2 Å². The van der Waals surface area contributed by atoms with Crippen molar-refractivity contribution < 1.29 is 19.4 Å². The van der Waals surface area contributed by atoms with Gasteiger partial charge >= 0.3 is 0 Å². The van der Waals surface area contributed by atoms with Crippen molar-refractivity contribution in [2.24, 2.45) is 0 Å². The number of benzene rings is 3. The van der Waals surface area contributed by atoms with Crippen LogP contribution in [0, 0.1) is 0 Å². The molecule has 1 aliphatic heterocycles. The SMILES string of the molecule is C1CCCCC1.O=C(c1ccc(O)cc1)c1c(C2C=CC(OCCN3CCCC3)=CC2)sc2cc(OCc3ccccc3)ccc12. The number of phenolic OH excluding ortho intramolecular Hbond substituents is 1. The van der Waals surface area contributed by atoms with Crippen LogP contribution in [0.3, 0.4) is 0 Å². The Hall–Kier alpha value is -3.87. The molecule has 2 aliphatic carbocycles. The van der Waals surface area contributed by atoms with Gasteiger partial charge in [-0.1, -0.05) is 74.9 Å². The molecule has 1 aromatic heterocycles. The summed E-state index contributed by atoms with van der Waals surface area (Å²) in [6.45, 7) is 4.48. The molecule has 0 bridgehead atoms. The van der Waals surface area contributed by atoms with E-state index in [4.69, 9.17) is 9.47 Å². The van der Waals surface area contributed by atoms with Gasteiger partial charge in [-0.2, -0.15) is 0 Å². The number of aromatic hydroxyl groups is 1. The summed E-state index contributed by atoms with van der Waals surface area (Å²) in [5.41, 5.74) is 2.39. The number of carbonyl (C=O) groups excluding carboxylic acids is 1. The first-order chi connectivity index (χ1) is 22.6. The van der Waals surface area contributed by atoms with Crippen molar-refractivity contribution in [3.8, 4) is 11.5 Å². The highest BCUT2D eigenvalue weighted by Gasteiger charge is 2.26. The van der Waals surface area contributed by atoms with Crippen LogP contribution in [-0.2, 0) is 11.3 Å². The average Bonchev–Trinajstić information content (AvgIpc) is 3.77. The maximum Gasteiger partial charge on any atom is 0.194 e. The molecular formula is C40H45NO4S. The molecule has 1 atom stereocenters. The zero-order valence-electron chi connectivity index (χ0n) is 26.7. The average molecular weight is 636 g/mol. The highest BCUT2D eigenvalue weighted by molar-refractivity contribution is 7.19. The van der Waals surface area contributed by atoms with Gasteiger partial charge in [-0.3, -0.25) is 9.69 Å². The number of rotatable bonds is 10. The number of hydrogen-bond acceptors (Lipinski definition) is 6. The number of allylic oxidation sites excluding steroid dienone is 3. The Morgan fingerprint density at radius 3 is 2.24 bits per heavy atom. The van der Waals surface area contributed by atoms with Crippen molar-refractivity contribution in [1.29, 1.82) is 0 Å². The minimum atomic E-state index is -0.0377. The zero-order valence-corrected chi connectivity index (χ0v) is 27.5. The highest BCUT2D eigenvalue weighted by Crippen LogP contribution is 2.42. The molecule has 3 aromatic carbocycles. The Labute approximate surface area is 277 Å². The lowest BCUT2D eigenvalue weighted by molar-refractivity contribution is 0.103. The molecule has 2 fully saturated rings. The minimum Gasteiger partial charge on any atom is -0.508 e. The Balaban J connectivity index is 0.000000557. The predicted octanol–water partition coefficient (Wildman–Crippen LogP) is 9.80. The monoisotopic (exact) mass is 635 g/mol. The van der Waals surface area contributed by atoms with Gasteiger partial charge in [0.2, 0.25) is 0 Å². The maximum atomic E-state index is 13.8. The van der Waals surface area contributed by atoms with Crippen LogP contribution in [0.2, 0.25) is 0 Å². The van der Waals surface area contributed by atoms with Gasteiger partial charge in [-0.25, -0.2) is 0 Å². The molecule has 46 heavy (non-hydrogen) atoms. The number of likely N-dealkylation sites (tertiary alicyclic amines) is 1. The van der Waals surface area contributed by atoms with Crippen LogP contribution >= 0.6 is 11.3 Å².